The molecule has 0 saturated heterocycles. The molecule has 0 aromatic heterocycles. The number of hydrogen-bond donors (Lipinski definition) is 0. The molecular weight excluding hydrogens is 135 g/mol. The zero-order valence-corrected chi connectivity index (χ0v) is 1.24. The van der Waals surface area contributed by atoms with Crippen molar-refractivity contribution < 1.29 is 17.1 Å². The average Bonchev–Trinajstić information content (AvgIpc) is 0. The SMILES string of the molecule is [CaH2].[Cu].[LiH].[MgH2]. The molecule has 21 valence electrons. The van der Waals surface area contributed by atoms with E-state index in [1.54, 1.807) is 0 Å². The smallest absolute Gasteiger partial charge is 0.316 e. The molecule has 0 N–H and O–H groups in total. The standard InChI is InChI=1S/Ca.Cu.Li.Mg.5H. The van der Waals surface area contributed by atoms with Gasteiger partial charge in [0.2, 0.25) is 0 Å². The van der Waals surface area contributed by atoms with Gasteiger partial charge in [-0.3, -0.25) is 0 Å². The molecule has 0 heterocycles. The van der Waals surface area contributed by atoms with Crippen LogP contribution in [-0.4, -0.2) is 79.7 Å². The second-order valence-corrected chi connectivity index (χ2v) is 0. The van der Waals surface area contributed by atoms with E-state index < -0.39 is 0 Å². The van der Waals surface area contributed by atoms with Crippen LogP contribution >= 0.6 is 0 Å². The molecule has 0 unspecified atom stereocenters. The first-order valence-corrected chi connectivity index (χ1v) is 0. The van der Waals surface area contributed by atoms with Gasteiger partial charge in [0, 0.05) is 17.1 Å². The minimum Gasteiger partial charge on any atom is 0.316 e. The van der Waals surface area contributed by atoms with E-state index in [4.69, 9.17) is 0 Å². The molecule has 0 bridgehead atoms. The molecule has 0 rings (SSSR count). The topological polar surface area (TPSA) is 0 Å². The Labute approximate surface area is 94.6 Å². The van der Waals surface area contributed by atoms with Gasteiger partial charge in [-0.25, -0.2) is 0 Å². The maximum absolute atomic E-state index is 0. The largest absolute Gasteiger partial charge is 0.316 e. The van der Waals surface area contributed by atoms with Crippen molar-refractivity contribution in [1.29, 1.82) is 0 Å². The summed E-state index contributed by atoms with van der Waals surface area (Å²) in [5.41, 5.74) is 0. The van der Waals surface area contributed by atoms with Crippen molar-refractivity contribution in [1.82, 2.24) is 0 Å². The quantitative estimate of drug-likeness (QED) is 0.327. The van der Waals surface area contributed by atoms with Crippen molar-refractivity contribution in [3.8, 4) is 0 Å². The van der Waals surface area contributed by atoms with Crippen LogP contribution in [0.25, 0.3) is 0 Å². The molecular formula is H5CaCuLiMg. The first-order chi connectivity index (χ1) is 0. The third kappa shape index (κ3) is 8.94. The second-order valence-electron chi connectivity index (χ2n) is 0. The average molecular weight is 140 g/mol. The van der Waals surface area contributed by atoms with Crippen molar-refractivity contribution in [2.45, 2.75) is 0 Å². The van der Waals surface area contributed by atoms with Crippen molar-refractivity contribution in [2.24, 2.45) is 0 Å². The van der Waals surface area contributed by atoms with E-state index in [1.165, 1.54) is 0 Å². The molecule has 0 aromatic rings. The summed E-state index contributed by atoms with van der Waals surface area (Å²) in [5, 5.41) is 0. The number of rotatable bonds is 0. The monoisotopic (exact) mass is 139 g/mol. The predicted molar refractivity (Wildman–Crippen MR) is 24.2 cm³/mol. The van der Waals surface area contributed by atoms with Gasteiger partial charge in [0.05, 0.1) is 0 Å². The summed E-state index contributed by atoms with van der Waals surface area (Å²) in [6.07, 6.45) is 0. The van der Waals surface area contributed by atoms with Gasteiger partial charge in [-0.05, 0) is 0 Å². The Morgan fingerprint density at radius 1 is 1.00 bits per heavy atom. The zero-order chi connectivity index (χ0) is 0. The minimum absolute atomic E-state index is 0. The zero-order valence-electron chi connectivity index (χ0n) is 0.302. The van der Waals surface area contributed by atoms with E-state index in [-0.39, 0.29) is 96.7 Å². The summed E-state index contributed by atoms with van der Waals surface area (Å²) < 4.78 is 0. The fourth-order valence-electron chi connectivity index (χ4n) is 0. The van der Waals surface area contributed by atoms with Crippen molar-refractivity contribution in [2.75, 3.05) is 0 Å². The number of hydrogen-bond acceptors (Lipinski definition) is 0. The van der Waals surface area contributed by atoms with E-state index in [9.17, 15) is 0 Å². The van der Waals surface area contributed by atoms with Gasteiger partial charge in [0.1, 0.15) is 0 Å². The van der Waals surface area contributed by atoms with Gasteiger partial charge in [0.25, 0.3) is 0 Å². The Hall–Kier alpha value is 3.14. The summed E-state index contributed by atoms with van der Waals surface area (Å²) in [6.45, 7) is 0. The van der Waals surface area contributed by atoms with Crippen LogP contribution < -0.4 is 0 Å². The van der Waals surface area contributed by atoms with Crippen LogP contribution in [0.2, 0.25) is 0 Å². The van der Waals surface area contributed by atoms with E-state index in [2.05, 4.69) is 0 Å². The van der Waals surface area contributed by atoms with Crippen LogP contribution in [0.3, 0.4) is 0 Å². The van der Waals surface area contributed by atoms with E-state index in [0.717, 1.165) is 0 Å². The molecule has 0 atom stereocenters. The Balaban J connectivity index is 0. The van der Waals surface area contributed by atoms with Crippen LogP contribution in [0, 0.1) is 0 Å². The van der Waals surface area contributed by atoms with E-state index in [1.807, 2.05) is 0 Å². The summed E-state index contributed by atoms with van der Waals surface area (Å²) in [6, 6.07) is 0. The van der Waals surface area contributed by atoms with E-state index in [0.29, 0.717) is 0 Å². The molecule has 0 spiro atoms. The predicted octanol–water partition coefficient (Wildman–Crippen LogP) is -2.48. The molecule has 1 radical (unpaired) electrons. The summed E-state index contributed by atoms with van der Waals surface area (Å²) >= 11 is 0. The fourth-order valence-corrected chi connectivity index (χ4v) is 0. The Kier molecular flexibility index (Phi) is 112. The third-order valence-corrected chi connectivity index (χ3v) is 0. The van der Waals surface area contributed by atoms with Gasteiger partial charge in [0.15, 0.2) is 0 Å². The molecule has 0 aliphatic rings. The molecule has 0 saturated carbocycles. The first kappa shape index (κ1) is 27.3. The van der Waals surface area contributed by atoms with Crippen molar-refractivity contribution >= 4 is 79.7 Å². The summed E-state index contributed by atoms with van der Waals surface area (Å²) in [4.78, 5) is 0. The molecule has 0 amide bonds. The minimum atomic E-state index is 0. The Bertz CT molecular complexity index is 8.00. The maximum Gasteiger partial charge on any atom is 0.316 e. The van der Waals surface area contributed by atoms with Gasteiger partial charge in [-0.1, -0.05) is 0 Å². The molecule has 4 heavy (non-hydrogen) atoms. The normalized spacial score (nSPS) is 0. The summed E-state index contributed by atoms with van der Waals surface area (Å²) in [7, 11) is 0. The van der Waals surface area contributed by atoms with Crippen LogP contribution in [0.1, 0.15) is 0 Å². The van der Waals surface area contributed by atoms with Gasteiger partial charge in [-0.2, -0.15) is 0 Å². The Morgan fingerprint density at radius 3 is 1.00 bits per heavy atom. The molecule has 0 aromatic carbocycles. The summed E-state index contributed by atoms with van der Waals surface area (Å²) in [5.74, 6) is 0. The molecule has 0 aliphatic heterocycles. The van der Waals surface area contributed by atoms with Crippen LogP contribution in [0.15, 0.2) is 0 Å². The fraction of sp³-hybridized carbons (Fsp3) is 0. The molecule has 0 aliphatic carbocycles. The van der Waals surface area contributed by atoms with Crippen molar-refractivity contribution in [3.05, 3.63) is 0 Å². The van der Waals surface area contributed by atoms with Gasteiger partial charge < -0.3 is 0 Å². The van der Waals surface area contributed by atoms with Crippen LogP contribution in [0.5, 0.6) is 0 Å². The Morgan fingerprint density at radius 2 is 1.00 bits per heavy atom. The van der Waals surface area contributed by atoms with Gasteiger partial charge in [-0.15, -0.1) is 0 Å². The van der Waals surface area contributed by atoms with Gasteiger partial charge >= 0.3 is 79.7 Å². The molecule has 0 fully saturated rings. The third-order valence-electron chi connectivity index (χ3n) is 0. The molecule has 4 heteroatoms. The second kappa shape index (κ2) is 16.4. The van der Waals surface area contributed by atoms with Crippen molar-refractivity contribution in [3.63, 3.8) is 0 Å². The van der Waals surface area contributed by atoms with Crippen LogP contribution in [-0.2, 0) is 17.1 Å². The first-order valence-electron chi connectivity index (χ1n) is 0. The maximum atomic E-state index is 0. The van der Waals surface area contributed by atoms with Crippen LogP contribution in [0.4, 0.5) is 0 Å². The molecule has 0 nitrogen and oxygen atoms in total. The van der Waals surface area contributed by atoms with E-state index >= 15 is 0 Å².